The van der Waals surface area contributed by atoms with Crippen molar-refractivity contribution in [1.29, 1.82) is 0 Å². The number of ether oxygens (including phenoxy) is 1. The van der Waals surface area contributed by atoms with E-state index in [-0.39, 0.29) is 17.7 Å². The van der Waals surface area contributed by atoms with Gasteiger partial charge in [-0.3, -0.25) is 14.4 Å². The van der Waals surface area contributed by atoms with Crippen molar-refractivity contribution in [2.24, 2.45) is 0 Å². The van der Waals surface area contributed by atoms with Crippen LogP contribution in [0.1, 0.15) is 43.4 Å². The molecule has 0 aliphatic carbocycles. The Kier molecular flexibility index (Phi) is 11.4. The highest BCUT2D eigenvalue weighted by Gasteiger charge is 2.30. The van der Waals surface area contributed by atoms with Gasteiger partial charge in [0.2, 0.25) is 17.7 Å². The van der Waals surface area contributed by atoms with Gasteiger partial charge in [0.15, 0.2) is 0 Å². The molecule has 2 aromatic carbocycles. The fourth-order valence-corrected chi connectivity index (χ4v) is 4.82. The summed E-state index contributed by atoms with van der Waals surface area (Å²) in [5.74, 6) is 0.0378. The van der Waals surface area contributed by atoms with Gasteiger partial charge in [0.05, 0.1) is 6.04 Å². The fourth-order valence-electron chi connectivity index (χ4n) is 4.36. The Morgan fingerprint density at radius 2 is 1.76 bits per heavy atom. The summed E-state index contributed by atoms with van der Waals surface area (Å²) in [6.45, 7) is 7.00. The van der Waals surface area contributed by atoms with Crippen LogP contribution in [-0.4, -0.2) is 67.5 Å². The van der Waals surface area contributed by atoms with Gasteiger partial charge < -0.3 is 25.6 Å². The Balaban J connectivity index is 1.83. The lowest BCUT2D eigenvalue weighted by Crippen LogP contribution is -2.56. The number of likely N-dealkylation sites (N-methyl/N-ethyl adjacent to an activating group) is 1. The molecule has 38 heavy (non-hydrogen) atoms. The predicted molar refractivity (Wildman–Crippen MR) is 157 cm³/mol. The van der Waals surface area contributed by atoms with Crippen molar-refractivity contribution >= 4 is 40.3 Å². The number of carbonyl (C=O) groups is 3. The van der Waals surface area contributed by atoms with Crippen LogP contribution in [0.3, 0.4) is 0 Å². The quantitative estimate of drug-likeness (QED) is 0.452. The summed E-state index contributed by atoms with van der Waals surface area (Å²) >= 11 is 2.26. The van der Waals surface area contributed by atoms with E-state index >= 15 is 0 Å². The van der Waals surface area contributed by atoms with Crippen LogP contribution in [0.25, 0.3) is 0 Å². The highest BCUT2D eigenvalue weighted by molar-refractivity contribution is 14.1. The lowest BCUT2D eigenvalue weighted by atomic mass is 10.0. The number of carbonyl (C=O) groups excluding carboxylic acids is 3. The zero-order valence-corrected chi connectivity index (χ0v) is 24.8. The molecule has 0 bridgehead atoms. The van der Waals surface area contributed by atoms with Crippen molar-refractivity contribution in [2.75, 3.05) is 26.7 Å². The molecule has 2 aromatic rings. The summed E-state index contributed by atoms with van der Waals surface area (Å²) in [4.78, 5) is 41.1. The normalized spacial score (nSPS) is 22.4. The number of rotatable bonds is 3. The van der Waals surface area contributed by atoms with Gasteiger partial charge in [-0.1, -0.05) is 42.8 Å². The van der Waals surface area contributed by atoms with Crippen molar-refractivity contribution < 1.29 is 19.1 Å². The van der Waals surface area contributed by atoms with Gasteiger partial charge in [0.1, 0.15) is 24.4 Å². The third kappa shape index (κ3) is 8.42. The molecular weight excluding hydrogens is 595 g/mol. The number of aryl methyl sites for hydroxylation is 2. The molecule has 0 saturated heterocycles. The maximum absolute atomic E-state index is 13.2. The largest absolute Gasteiger partial charge is 0.492 e. The number of halogens is 1. The maximum Gasteiger partial charge on any atom is 0.243 e. The lowest BCUT2D eigenvalue weighted by molar-refractivity contribution is -0.140. The van der Waals surface area contributed by atoms with Gasteiger partial charge in [-0.2, -0.15) is 0 Å². The second-order valence-electron chi connectivity index (χ2n) is 9.79. The van der Waals surface area contributed by atoms with Crippen molar-refractivity contribution in [2.45, 2.75) is 64.6 Å². The summed E-state index contributed by atoms with van der Waals surface area (Å²) in [7, 11) is 1.62. The molecule has 9 heteroatoms. The second-order valence-corrected chi connectivity index (χ2v) is 11.0. The molecule has 206 valence electrons. The number of fused-ring (bicyclic) bond motifs is 1. The standard InChI is InChI=1S/C29H39IN4O4/c1-5-24-29(37)34(4)20(3)27(35)33-25(17-21-10-8-19(2)9-11-21)28(36)32-14-6-7-22-12-13-23(30)18-26(22)38-16-15-31-24/h8-13,18,20,24-25,31H,5-7,14-17H2,1-4H3,(H,32,36)(H,33,35)/t20-,24?,25-/m1/s1. The third-order valence-corrected chi connectivity index (χ3v) is 7.58. The van der Waals surface area contributed by atoms with Crippen LogP contribution in [0.15, 0.2) is 42.5 Å². The molecule has 1 aliphatic heterocycles. The minimum Gasteiger partial charge on any atom is -0.492 e. The van der Waals surface area contributed by atoms with Crippen LogP contribution < -0.4 is 20.7 Å². The molecule has 0 radical (unpaired) electrons. The van der Waals surface area contributed by atoms with Crippen LogP contribution in [0, 0.1) is 10.5 Å². The first-order chi connectivity index (χ1) is 18.2. The SMILES string of the molecule is CCC1NCCOc2cc(I)ccc2CCCNC(=O)[C@@H](Cc2ccc(C)cc2)NC(=O)[C@@H](C)N(C)C1=O. The van der Waals surface area contributed by atoms with E-state index in [9.17, 15) is 14.4 Å². The molecule has 0 fully saturated rings. The fraction of sp³-hybridized carbons (Fsp3) is 0.483. The highest BCUT2D eigenvalue weighted by atomic mass is 127. The van der Waals surface area contributed by atoms with E-state index < -0.39 is 18.1 Å². The first-order valence-corrected chi connectivity index (χ1v) is 14.3. The van der Waals surface area contributed by atoms with Crippen LogP contribution in [0.2, 0.25) is 0 Å². The summed E-state index contributed by atoms with van der Waals surface area (Å²) in [6, 6.07) is 12.1. The molecule has 3 N–H and O–H groups in total. The summed E-state index contributed by atoms with van der Waals surface area (Å²) < 4.78 is 7.16. The minimum atomic E-state index is -0.757. The van der Waals surface area contributed by atoms with Gasteiger partial charge in [-0.05, 0) is 79.0 Å². The van der Waals surface area contributed by atoms with Gasteiger partial charge in [0.25, 0.3) is 0 Å². The lowest BCUT2D eigenvalue weighted by Gasteiger charge is -2.30. The van der Waals surface area contributed by atoms with Crippen molar-refractivity contribution in [3.05, 3.63) is 62.7 Å². The summed E-state index contributed by atoms with van der Waals surface area (Å²) in [6.07, 6.45) is 2.41. The van der Waals surface area contributed by atoms with Gasteiger partial charge >= 0.3 is 0 Å². The Labute approximate surface area is 239 Å². The molecule has 1 aliphatic rings. The molecule has 0 aromatic heterocycles. The molecule has 8 nitrogen and oxygen atoms in total. The van der Waals surface area contributed by atoms with E-state index in [2.05, 4.69) is 44.6 Å². The van der Waals surface area contributed by atoms with Gasteiger partial charge in [-0.15, -0.1) is 0 Å². The van der Waals surface area contributed by atoms with Crippen molar-refractivity contribution in [3.8, 4) is 5.75 Å². The zero-order chi connectivity index (χ0) is 27.7. The van der Waals surface area contributed by atoms with Crippen molar-refractivity contribution in [1.82, 2.24) is 20.9 Å². The smallest absolute Gasteiger partial charge is 0.243 e. The van der Waals surface area contributed by atoms with E-state index in [0.29, 0.717) is 32.5 Å². The monoisotopic (exact) mass is 634 g/mol. The molecule has 0 saturated carbocycles. The molecule has 3 amide bonds. The first-order valence-electron chi connectivity index (χ1n) is 13.2. The van der Waals surface area contributed by atoms with Crippen LogP contribution in [-0.2, 0) is 27.2 Å². The third-order valence-electron chi connectivity index (χ3n) is 6.91. The number of nitrogens with one attached hydrogen (secondary N) is 3. The number of amides is 3. The molecule has 3 rings (SSSR count). The predicted octanol–water partition coefficient (Wildman–Crippen LogP) is 2.98. The van der Waals surface area contributed by atoms with E-state index in [0.717, 1.165) is 38.9 Å². The first kappa shape index (κ1) is 29.9. The molecule has 0 spiro atoms. The zero-order valence-electron chi connectivity index (χ0n) is 22.7. The van der Waals surface area contributed by atoms with Gasteiger partial charge in [-0.25, -0.2) is 0 Å². The Morgan fingerprint density at radius 3 is 2.47 bits per heavy atom. The molecular formula is C29H39IN4O4. The average Bonchev–Trinajstić information content (AvgIpc) is 2.91. The number of benzene rings is 2. The number of nitrogens with zero attached hydrogens (tertiary/aromatic N) is 1. The van der Waals surface area contributed by atoms with E-state index in [1.807, 2.05) is 50.2 Å². The Hall–Kier alpha value is -2.66. The van der Waals surface area contributed by atoms with E-state index in [1.54, 1.807) is 14.0 Å². The van der Waals surface area contributed by atoms with Crippen LogP contribution >= 0.6 is 22.6 Å². The second kappa shape index (κ2) is 14.5. The maximum atomic E-state index is 13.2. The van der Waals surface area contributed by atoms with Crippen LogP contribution in [0.4, 0.5) is 0 Å². The van der Waals surface area contributed by atoms with E-state index in [1.165, 1.54) is 4.90 Å². The Morgan fingerprint density at radius 1 is 1.03 bits per heavy atom. The molecule has 1 heterocycles. The summed E-state index contributed by atoms with van der Waals surface area (Å²) in [5, 5.41) is 9.17. The molecule has 1 unspecified atom stereocenters. The highest BCUT2D eigenvalue weighted by Crippen LogP contribution is 2.23. The average molecular weight is 635 g/mol. The molecule has 3 atom stereocenters. The minimum absolute atomic E-state index is 0.175. The van der Waals surface area contributed by atoms with Gasteiger partial charge in [0, 0.05) is 30.1 Å². The Bertz CT molecular complexity index is 1110. The van der Waals surface area contributed by atoms with Crippen molar-refractivity contribution in [3.63, 3.8) is 0 Å². The van der Waals surface area contributed by atoms with E-state index in [4.69, 9.17) is 4.74 Å². The topological polar surface area (TPSA) is 99.8 Å². The summed E-state index contributed by atoms with van der Waals surface area (Å²) in [5.41, 5.74) is 3.15. The van der Waals surface area contributed by atoms with Crippen LogP contribution in [0.5, 0.6) is 5.75 Å². The number of hydrogen-bond acceptors (Lipinski definition) is 5. The number of hydrogen-bond donors (Lipinski definition) is 3.